The van der Waals surface area contributed by atoms with Crippen LogP contribution in [0.2, 0.25) is 5.02 Å². The highest BCUT2D eigenvalue weighted by Gasteiger charge is 2.17. The van der Waals surface area contributed by atoms with Crippen LogP contribution in [0.25, 0.3) is 0 Å². The number of anilines is 2. The quantitative estimate of drug-likeness (QED) is 0.748. The van der Waals surface area contributed by atoms with Crippen LogP contribution in [0.3, 0.4) is 0 Å². The Balaban J connectivity index is 2.39. The maximum atomic E-state index is 12.0. The number of aromatic amines is 1. The molecular formula is C10H11ClN4O2S. The molecule has 6 nitrogen and oxygen atoms in total. The van der Waals surface area contributed by atoms with Gasteiger partial charge in [0, 0.05) is 0 Å². The van der Waals surface area contributed by atoms with Gasteiger partial charge in [-0.1, -0.05) is 11.6 Å². The lowest BCUT2D eigenvalue weighted by Crippen LogP contribution is -2.14. The van der Waals surface area contributed by atoms with Gasteiger partial charge in [-0.2, -0.15) is 13.5 Å². The molecule has 4 N–H and O–H groups in total. The number of aryl methyl sites for hydroxylation is 1. The lowest BCUT2D eigenvalue weighted by atomic mass is 10.2. The summed E-state index contributed by atoms with van der Waals surface area (Å²) in [4.78, 5) is 0. The Labute approximate surface area is 109 Å². The summed E-state index contributed by atoms with van der Waals surface area (Å²) in [6.45, 7) is 1.73. The molecule has 0 saturated heterocycles. The minimum absolute atomic E-state index is 0.0187. The number of aromatic nitrogens is 2. The maximum absolute atomic E-state index is 12.0. The predicted octanol–water partition coefficient (Wildman–Crippen LogP) is 1.75. The first kappa shape index (κ1) is 12.7. The number of nitrogens with zero attached hydrogens (tertiary/aromatic N) is 1. The molecule has 0 aliphatic carbocycles. The fraction of sp³-hybridized carbons (Fsp3) is 0.100. The van der Waals surface area contributed by atoms with E-state index in [9.17, 15) is 8.42 Å². The molecule has 1 heterocycles. The van der Waals surface area contributed by atoms with Crippen LogP contribution < -0.4 is 10.5 Å². The predicted molar refractivity (Wildman–Crippen MR) is 70.0 cm³/mol. The number of H-pyrrole nitrogens is 1. The van der Waals surface area contributed by atoms with E-state index in [-0.39, 0.29) is 5.03 Å². The smallest absolute Gasteiger partial charge is 0.278 e. The highest BCUT2D eigenvalue weighted by Crippen LogP contribution is 2.28. The Morgan fingerprint density at radius 2 is 2.17 bits per heavy atom. The van der Waals surface area contributed by atoms with Crippen LogP contribution in [-0.2, 0) is 10.0 Å². The summed E-state index contributed by atoms with van der Waals surface area (Å²) in [5.74, 6) is 0. The molecule has 2 aromatic rings. The van der Waals surface area contributed by atoms with Crippen LogP contribution in [0, 0.1) is 6.92 Å². The molecule has 0 aliphatic heterocycles. The summed E-state index contributed by atoms with van der Waals surface area (Å²) in [6, 6.07) is 4.43. The van der Waals surface area contributed by atoms with Crippen molar-refractivity contribution in [3.8, 4) is 0 Å². The molecule has 0 saturated carbocycles. The van der Waals surface area contributed by atoms with Crippen LogP contribution in [0.4, 0.5) is 11.4 Å². The average molecular weight is 287 g/mol. The third-order valence-corrected chi connectivity index (χ3v) is 3.98. The largest absolute Gasteiger partial charge is 0.398 e. The highest BCUT2D eigenvalue weighted by molar-refractivity contribution is 7.92. The van der Waals surface area contributed by atoms with E-state index in [1.165, 1.54) is 18.3 Å². The van der Waals surface area contributed by atoms with Crippen LogP contribution in [-0.4, -0.2) is 18.6 Å². The molecule has 0 unspecified atom stereocenters. The van der Waals surface area contributed by atoms with Gasteiger partial charge in [0.2, 0.25) is 0 Å². The summed E-state index contributed by atoms with van der Waals surface area (Å²) in [5, 5.41) is 6.25. The van der Waals surface area contributed by atoms with Crippen molar-refractivity contribution in [1.29, 1.82) is 0 Å². The zero-order chi connectivity index (χ0) is 13.3. The molecule has 0 atom stereocenters. The van der Waals surface area contributed by atoms with E-state index in [1.807, 2.05) is 0 Å². The molecule has 0 spiro atoms. The number of sulfonamides is 1. The summed E-state index contributed by atoms with van der Waals surface area (Å²) >= 11 is 5.86. The molecule has 1 aromatic heterocycles. The SMILES string of the molecule is Cc1cc(N)c(Cl)cc1NS(=O)(=O)c1ccn[nH]1. The first-order chi connectivity index (χ1) is 8.40. The van der Waals surface area contributed by atoms with Crippen LogP contribution in [0.5, 0.6) is 0 Å². The zero-order valence-electron chi connectivity index (χ0n) is 9.44. The monoisotopic (exact) mass is 286 g/mol. The molecular weight excluding hydrogens is 276 g/mol. The van der Waals surface area contributed by atoms with Gasteiger partial charge in [-0.25, -0.2) is 0 Å². The van der Waals surface area contributed by atoms with Gasteiger partial charge in [0.1, 0.15) is 0 Å². The highest BCUT2D eigenvalue weighted by atomic mass is 35.5. The minimum Gasteiger partial charge on any atom is -0.398 e. The van der Waals surface area contributed by atoms with Gasteiger partial charge in [-0.05, 0) is 30.7 Å². The molecule has 18 heavy (non-hydrogen) atoms. The second kappa shape index (κ2) is 4.51. The van der Waals surface area contributed by atoms with Gasteiger partial charge >= 0.3 is 0 Å². The van der Waals surface area contributed by atoms with Crippen LogP contribution >= 0.6 is 11.6 Å². The molecule has 96 valence electrons. The number of hydrogen-bond acceptors (Lipinski definition) is 4. The van der Waals surface area contributed by atoms with E-state index < -0.39 is 10.0 Å². The number of hydrogen-bond donors (Lipinski definition) is 3. The second-order valence-electron chi connectivity index (χ2n) is 3.72. The summed E-state index contributed by atoms with van der Waals surface area (Å²) in [5.41, 5.74) is 7.08. The molecule has 0 fully saturated rings. The minimum atomic E-state index is -3.69. The first-order valence-electron chi connectivity index (χ1n) is 4.98. The van der Waals surface area contributed by atoms with Crippen molar-refractivity contribution in [2.45, 2.75) is 11.9 Å². The Kier molecular flexibility index (Phi) is 3.18. The van der Waals surface area contributed by atoms with Gasteiger partial charge in [-0.15, -0.1) is 0 Å². The van der Waals surface area contributed by atoms with E-state index in [4.69, 9.17) is 17.3 Å². The molecule has 0 amide bonds. The number of nitrogens with two attached hydrogens (primary N) is 1. The molecule has 1 aromatic carbocycles. The van der Waals surface area contributed by atoms with E-state index in [1.54, 1.807) is 13.0 Å². The Hall–Kier alpha value is -1.73. The number of nitrogens with one attached hydrogen (secondary N) is 2. The fourth-order valence-electron chi connectivity index (χ4n) is 1.41. The number of nitrogen functional groups attached to an aromatic ring is 1. The maximum Gasteiger partial charge on any atom is 0.278 e. The zero-order valence-corrected chi connectivity index (χ0v) is 11.0. The third-order valence-electron chi connectivity index (χ3n) is 2.35. The van der Waals surface area contributed by atoms with Gasteiger partial charge in [-0.3, -0.25) is 9.82 Å². The van der Waals surface area contributed by atoms with E-state index in [0.29, 0.717) is 22.0 Å². The molecule has 2 rings (SSSR count). The lowest BCUT2D eigenvalue weighted by molar-refractivity contribution is 0.597. The van der Waals surface area contributed by atoms with Crippen LogP contribution in [0.1, 0.15) is 5.56 Å². The van der Waals surface area contributed by atoms with Crippen LogP contribution in [0.15, 0.2) is 29.4 Å². The van der Waals surface area contributed by atoms with Crippen molar-refractivity contribution in [2.75, 3.05) is 10.5 Å². The van der Waals surface area contributed by atoms with E-state index in [0.717, 1.165) is 0 Å². The van der Waals surface area contributed by atoms with Crippen molar-refractivity contribution in [3.05, 3.63) is 35.0 Å². The third kappa shape index (κ3) is 2.41. The Morgan fingerprint density at radius 1 is 1.44 bits per heavy atom. The number of rotatable bonds is 3. The molecule has 0 bridgehead atoms. The topological polar surface area (TPSA) is 101 Å². The Morgan fingerprint density at radius 3 is 2.78 bits per heavy atom. The normalized spacial score (nSPS) is 11.4. The molecule has 0 aliphatic rings. The van der Waals surface area contributed by atoms with Crippen molar-refractivity contribution in [3.63, 3.8) is 0 Å². The lowest BCUT2D eigenvalue weighted by Gasteiger charge is -2.10. The van der Waals surface area contributed by atoms with Crippen molar-refractivity contribution in [2.24, 2.45) is 0 Å². The van der Waals surface area contributed by atoms with E-state index in [2.05, 4.69) is 14.9 Å². The summed E-state index contributed by atoms with van der Waals surface area (Å²) in [6.07, 6.45) is 1.36. The summed E-state index contributed by atoms with van der Waals surface area (Å²) in [7, 11) is -3.69. The first-order valence-corrected chi connectivity index (χ1v) is 6.84. The van der Waals surface area contributed by atoms with Gasteiger partial charge < -0.3 is 5.73 Å². The van der Waals surface area contributed by atoms with Crippen molar-refractivity contribution < 1.29 is 8.42 Å². The van der Waals surface area contributed by atoms with Gasteiger partial charge in [0.25, 0.3) is 10.0 Å². The van der Waals surface area contributed by atoms with E-state index >= 15 is 0 Å². The molecule has 8 heteroatoms. The number of halogens is 1. The number of benzene rings is 1. The average Bonchev–Trinajstić information content (AvgIpc) is 2.79. The standard InChI is InChI=1S/C10H11ClN4O2S/c1-6-4-8(12)7(11)5-9(6)15-18(16,17)10-2-3-13-14-10/h2-5,15H,12H2,1H3,(H,13,14). The Bertz CT molecular complexity index is 667. The second-order valence-corrected chi connectivity index (χ2v) is 5.77. The summed E-state index contributed by atoms with van der Waals surface area (Å²) < 4.78 is 26.3. The van der Waals surface area contributed by atoms with Gasteiger partial charge in [0.15, 0.2) is 5.03 Å². The fourth-order valence-corrected chi connectivity index (χ4v) is 2.60. The molecule has 0 radical (unpaired) electrons. The van der Waals surface area contributed by atoms with Crippen molar-refractivity contribution >= 4 is 33.0 Å². The van der Waals surface area contributed by atoms with Gasteiger partial charge in [0.05, 0.1) is 22.6 Å². The van der Waals surface area contributed by atoms with Crippen molar-refractivity contribution in [1.82, 2.24) is 10.2 Å².